The maximum Gasteiger partial charge on any atom is 0.327 e. The first-order valence-corrected chi connectivity index (χ1v) is 6.78. The van der Waals surface area contributed by atoms with Crippen LogP contribution in [0.2, 0.25) is 0 Å². The molecule has 10 heteroatoms. The number of nitrogens with zero attached hydrogens (tertiary/aromatic N) is 5. The van der Waals surface area contributed by atoms with E-state index in [0.717, 1.165) is 5.56 Å². The summed E-state index contributed by atoms with van der Waals surface area (Å²) >= 11 is 1.32. The van der Waals surface area contributed by atoms with E-state index in [9.17, 15) is 14.9 Å². The number of tetrazole rings is 1. The minimum atomic E-state index is -0.451. The summed E-state index contributed by atoms with van der Waals surface area (Å²) in [5, 5.41) is 22.0. The molecule has 9 nitrogen and oxygen atoms in total. The Morgan fingerprint density at radius 1 is 1.43 bits per heavy atom. The number of hydrogen-bond acceptors (Lipinski definition) is 8. The molecule has 21 heavy (non-hydrogen) atoms. The van der Waals surface area contributed by atoms with Gasteiger partial charge in [-0.15, -0.1) is 5.10 Å². The number of methoxy groups -OCH3 is 1. The summed E-state index contributed by atoms with van der Waals surface area (Å²) < 4.78 is 5.88. The van der Waals surface area contributed by atoms with Crippen molar-refractivity contribution in [2.24, 2.45) is 0 Å². The van der Waals surface area contributed by atoms with Gasteiger partial charge in [-0.25, -0.2) is 4.68 Å². The topological polar surface area (TPSA) is 113 Å². The molecular formula is C11H11N5O4S. The minimum absolute atomic E-state index is 0.0410. The quantitative estimate of drug-likeness (QED) is 0.337. The van der Waals surface area contributed by atoms with Crippen molar-refractivity contribution in [1.82, 2.24) is 20.2 Å². The number of non-ortho nitro benzene ring substituents is 1. The first-order valence-electron chi connectivity index (χ1n) is 5.79. The molecule has 0 aliphatic carbocycles. The molecule has 0 saturated heterocycles. The second-order valence-corrected chi connectivity index (χ2v) is 4.85. The zero-order valence-electron chi connectivity index (χ0n) is 11.0. The Hall–Kier alpha value is -2.49. The lowest BCUT2D eigenvalue weighted by molar-refractivity contribution is -0.384. The molecule has 0 saturated carbocycles. The van der Waals surface area contributed by atoms with Gasteiger partial charge in [0.15, 0.2) is 0 Å². The molecule has 2 rings (SSSR count). The van der Waals surface area contributed by atoms with Gasteiger partial charge in [0.2, 0.25) is 5.16 Å². The Balaban J connectivity index is 1.98. The monoisotopic (exact) mass is 309 g/mol. The lowest BCUT2D eigenvalue weighted by Crippen LogP contribution is -2.13. The first kappa shape index (κ1) is 14.9. The van der Waals surface area contributed by atoms with Gasteiger partial charge < -0.3 is 4.74 Å². The molecule has 1 heterocycles. The van der Waals surface area contributed by atoms with Crippen LogP contribution in [-0.2, 0) is 21.8 Å². The molecule has 0 aliphatic heterocycles. The molecule has 0 aliphatic rings. The predicted octanol–water partition coefficient (Wildman–Crippen LogP) is 1.05. The van der Waals surface area contributed by atoms with Crippen LogP contribution in [0.3, 0.4) is 0 Å². The van der Waals surface area contributed by atoms with Crippen LogP contribution < -0.4 is 0 Å². The maximum absolute atomic E-state index is 11.2. The SMILES string of the molecule is COC(=O)Cn1nnnc1SCc1ccc([N+](=O)[O-])cc1. The van der Waals surface area contributed by atoms with E-state index in [0.29, 0.717) is 10.9 Å². The summed E-state index contributed by atoms with van der Waals surface area (Å²) in [6.45, 7) is -0.0634. The number of carbonyl (C=O) groups excluding carboxylic acids is 1. The van der Waals surface area contributed by atoms with E-state index in [1.807, 2.05) is 0 Å². The molecule has 0 spiro atoms. The smallest absolute Gasteiger partial charge is 0.327 e. The van der Waals surface area contributed by atoms with Crippen molar-refractivity contribution in [2.45, 2.75) is 17.5 Å². The number of nitro benzene ring substituents is 1. The van der Waals surface area contributed by atoms with E-state index in [-0.39, 0.29) is 12.2 Å². The molecule has 2 aromatic rings. The predicted molar refractivity (Wildman–Crippen MR) is 72.5 cm³/mol. The van der Waals surface area contributed by atoms with Gasteiger partial charge in [-0.05, 0) is 16.0 Å². The number of rotatable bonds is 6. The minimum Gasteiger partial charge on any atom is -0.468 e. The summed E-state index contributed by atoms with van der Waals surface area (Å²) in [6.07, 6.45) is 0. The highest BCUT2D eigenvalue weighted by atomic mass is 32.2. The van der Waals surface area contributed by atoms with Crippen LogP contribution in [0, 0.1) is 10.1 Å². The van der Waals surface area contributed by atoms with Crippen LogP contribution in [-0.4, -0.2) is 38.2 Å². The Kier molecular flexibility index (Phi) is 4.82. The average molecular weight is 309 g/mol. The largest absolute Gasteiger partial charge is 0.468 e. The number of thioether (sulfide) groups is 1. The third kappa shape index (κ3) is 3.99. The number of nitro groups is 1. The maximum atomic E-state index is 11.2. The van der Waals surface area contributed by atoms with Crippen LogP contribution in [0.25, 0.3) is 0 Å². The van der Waals surface area contributed by atoms with Crippen molar-refractivity contribution in [3.8, 4) is 0 Å². The molecule has 0 N–H and O–H groups in total. The van der Waals surface area contributed by atoms with Crippen molar-refractivity contribution in [3.63, 3.8) is 0 Å². The normalized spacial score (nSPS) is 10.3. The van der Waals surface area contributed by atoms with Crippen molar-refractivity contribution >= 4 is 23.4 Å². The standard InChI is InChI=1S/C11H11N5O4S/c1-20-10(17)6-15-11(12-13-14-15)21-7-8-2-4-9(5-3-8)16(18)19/h2-5H,6-7H2,1H3. The van der Waals surface area contributed by atoms with Gasteiger partial charge in [0.05, 0.1) is 12.0 Å². The van der Waals surface area contributed by atoms with E-state index in [4.69, 9.17) is 0 Å². The highest BCUT2D eigenvalue weighted by Crippen LogP contribution is 2.21. The van der Waals surface area contributed by atoms with E-state index in [1.165, 1.54) is 35.7 Å². The van der Waals surface area contributed by atoms with Gasteiger partial charge in [-0.3, -0.25) is 14.9 Å². The van der Waals surface area contributed by atoms with Gasteiger partial charge in [-0.2, -0.15) is 0 Å². The fourth-order valence-corrected chi connectivity index (χ4v) is 2.28. The molecule has 1 aromatic carbocycles. The van der Waals surface area contributed by atoms with Crippen LogP contribution in [0.15, 0.2) is 29.4 Å². The van der Waals surface area contributed by atoms with Crippen LogP contribution >= 0.6 is 11.8 Å². The Morgan fingerprint density at radius 2 is 2.14 bits per heavy atom. The number of aromatic nitrogens is 4. The van der Waals surface area contributed by atoms with E-state index >= 15 is 0 Å². The second kappa shape index (κ2) is 6.79. The Bertz CT molecular complexity index is 642. The lowest BCUT2D eigenvalue weighted by Gasteiger charge is -2.03. The Morgan fingerprint density at radius 3 is 2.76 bits per heavy atom. The van der Waals surface area contributed by atoms with Crippen LogP contribution in [0.5, 0.6) is 0 Å². The number of hydrogen-bond donors (Lipinski definition) is 0. The van der Waals surface area contributed by atoms with Gasteiger partial charge in [0.25, 0.3) is 5.69 Å². The van der Waals surface area contributed by atoms with Crippen molar-refractivity contribution in [1.29, 1.82) is 0 Å². The summed E-state index contributed by atoms with van der Waals surface area (Å²) in [6, 6.07) is 6.21. The molecule has 0 radical (unpaired) electrons. The third-order valence-electron chi connectivity index (χ3n) is 2.52. The van der Waals surface area contributed by atoms with Gasteiger partial charge in [-0.1, -0.05) is 23.9 Å². The number of carbonyl (C=O) groups is 1. The highest BCUT2D eigenvalue weighted by Gasteiger charge is 2.11. The van der Waals surface area contributed by atoms with Crippen molar-refractivity contribution in [2.75, 3.05) is 7.11 Å². The van der Waals surface area contributed by atoms with Crippen molar-refractivity contribution in [3.05, 3.63) is 39.9 Å². The zero-order valence-corrected chi connectivity index (χ0v) is 11.8. The summed E-state index contributed by atoms with van der Waals surface area (Å²) in [7, 11) is 1.29. The fraction of sp³-hybridized carbons (Fsp3) is 0.273. The lowest BCUT2D eigenvalue weighted by atomic mass is 10.2. The molecule has 0 amide bonds. The summed E-state index contributed by atoms with van der Waals surface area (Å²) in [5.41, 5.74) is 0.928. The third-order valence-corrected chi connectivity index (χ3v) is 3.55. The van der Waals surface area contributed by atoms with E-state index < -0.39 is 10.9 Å². The van der Waals surface area contributed by atoms with Gasteiger partial charge in [0, 0.05) is 17.9 Å². The first-order chi connectivity index (χ1) is 10.1. The second-order valence-electron chi connectivity index (χ2n) is 3.91. The van der Waals surface area contributed by atoms with Crippen LogP contribution in [0.4, 0.5) is 5.69 Å². The Labute approximate surface area is 123 Å². The molecule has 0 fully saturated rings. The van der Waals surface area contributed by atoms with Crippen LogP contribution in [0.1, 0.15) is 5.56 Å². The number of benzene rings is 1. The van der Waals surface area contributed by atoms with Gasteiger partial charge in [0.1, 0.15) is 6.54 Å². The number of ether oxygens (including phenoxy) is 1. The number of esters is 1. The molecule has 1 aromatic heterocycles. The average Bonchev–Trinajstić information content (AvgIpc) is 2.92. The van der Waals surface area contributed by atoms with E-state index in [1.54, 1.807) is 12.1 Å². The molecule has 0 unspecified atom stereocenters. The summed E-state index contributed by atoms with van der Waals surface area (Å²) in [5.74, 6) is 0.0824. The highest BCUT2D eigenvalue weighted by molar-refractivity contribution is 7.98. The molecule has 110 valence electrons. The molecular weight excluding hydrogens is 298 g/mol. The zero-order chi connectivity index (χ0) is 15.2. The van der Waals surface area contributed by atoms with E-state index in [2.05, 4.69) is 20.3 Å². The molecule has 0 bridgehead atoms. The molecule has 0 atom stereocenters. The fourth-order valence-electron chi connectivity index (χ4n) is 1.45. The summed E-state index contributed by atoms with van der Waals surface area (Å²) in [4.78, 5) is 21.3. The van der Waals surface area contributed by atoms with Crippen molar-refractivity contribution < 1.29 is 14.5 Å². The van der Waals surface area contributed by atoms with Gasteiger partial charge >= 0.3 is 5.97 Å².